The van der Waals surface area contributed by atoms with Crippen molar-refractivity contribution in [2.24, 2.45) is 0 Å². The summed E-state index contributed by atoms with van der Waals surface area (Å²) in [5.41, 5.74) is 1.76. The Morgan fingerprint density at radius 2 is 1.88 bits per heavy atom. The van der Waals surface area contributed by atoms with E-state index in [2.05, 4.69) is 16.9 Å². The number of nitrogens with one attached hydrogen (secondary N) is 2. The first kappa shape index (κ1) is 18.9. The van der Waals surface area contributed by atoms with Crippen molar-refractivity contribution in [3.63, 3.8) is 0 Å². The Morgan fingerprint density at radius 3 is 2.65 bits per heavy atom. The third kappa shape index (κ3) is 4.64. The smallest absolute Gasteiger partial charge is 0.258 e. The molecule has 2 aromatic carbocycles. The molecular weight excluding hydrogens is 369 g/mol. The Morgan fingerprint density at radius 1 is 1.08 bits per heavy atom. The maximum atomic E-state index is 12.3. The van der Waals surface area contributed by atoms with Crippen LogP contribution in [0.2, 0.25) is 10.0 Å². The molecule has 0 bridgehead atoms. The van der Waals surface area contributed by atoms with Gasteiger partial charge >= 0.3 is 0 Å². The van der Waals surface area contributed by atoms with Gasteiger partial charge in [0.15, 0.2) is 5.82 Å². The van der Waals surface area contributed by atoms with Gasteiger partial charge in [-0.1, -0.05) is 54.7 Å². The molecule has 1 aromatic heterocycles. The van der Waals surface area contributed by atoms with Crippen LogP contribution >= 0.6 is 23.2 Å². The van der Waals surface area contributed by atoms with Crippen LogP contribution in [0.3, 0.4) is 0 Å². The number of benzene rings is 2. The summed E-state index contributed by atoms with van der Waals surface area (Å²) in [6, 6.07) is 13.1. The highest BCUT2D eigenvalue weighted by Crippen LogP contribution is 2.22. The lowest BCUT2D eigenvalue weighted by Crippen LogP contribution is -3.09. The average Bonchev–Trinajstić information content (AvgIpc) is 2.63. The number of fused-ring (bicyclic) bond motifs is 1. The van der Waals surface area contributed by atoms with E-state index < -0.39 is 0 Å². The molecule has 1 unspecified atom stereocenters. The molecule has 0 saturated heterocycles. The minimum absolute atomic E-state index is 0.0880. The van der Waals surface area contributed by atoms with E-state index in [9.17, 15) is 4.79 Å². The van der Waals surface area contributed by atoms with Crippen LogP contribution in [-0.4, -0.2) is 16.5 Å². The number of halogens is 2. The lowest BCUT2D eigenvalue weighted by molar-refractivity contribution is -0.928. The van der Waals surface area contributed by atoms with Crippen LogP contribution in [-0.2, 0) is 13.1 Å². The van der Waals surface area contributed by atoms with Crippen molar-refractivity contribution in [1.82, 2.24) is 9.97 Å². The van der Waals surface area contributed by atoms with Crippen LogP contribution in [0.25, 0.3) is 10.9 Å². The maximum Gasteiger partial charge on any atom is 0.258 e. The fraction of sp³-hybridized carbons (Fsp3) is 0.300. The van der Waals surface area contributed by atoms with E-state index in [-0.39, 0.29) is 5.56 Å². The zero-order valence-electron chi connectivity index (χ0n) is 14.7. The number of rotatable bonds is 7. The number of nitrogens with zero attached hydrogens (tertiary/aromatic N) is 1. The van der Waals surface area contributed by atoms with E-state index in [1.54, 1.807) is 6.07 Å². The lowest BCUT2D eigenvalue weighted by Gasteiger charge is -2.19. The molecule has 0 spiro atoms. The zero-order chi connectivity index (χ0) is 18.5. The SMILES string of the molecule is CCCC[NH+](Cc1ccc(Cl)c(Cl)c1)Cc1nc2ccccc2c(=O)[nH]1. The van der Waals surface area contributed by atoms with E-state index in [4.69, 9.17) is 23.2 Å². The van der Waals surface area contributed by atoms with Gasteiger partial charge in [-0.2, -0.15) is 0 Å². The van der Waals surface area contributed by atoms with Crippen molar-refractivity contribution < 1.29 is 4.90 Å². The number of quaternary nitrogens is 1. The molecule has 1 atom stereocenters. The molecule has 0 aliphatic rings. The molecule has 0 aliphatic heterocycles. The normalized spacial score (nSPS) is 12.4. The average molecular weight is 391 g/mol. The molecule has 136 valence electrons. The van der Waals surface area contributed by atoms with Gasteiger partial charge in [0.1, 0.15) is 13.1 Å². The minimum atomic E-state index is -0.0880. The molecule has 6 heteroatoms. The Kier molecular flexibility index (Phi) is 6.30. The van der Waals surface area contributed by atoms with Crippen molar-refractivity contribution in [1.29, 1.82) is 0 Å². The highest BCUT2D eigenvalue weighted by Gasteiger charge is 2.14. The van der Waals surface area contributed by atoms with Gasteiger partial charge in [-0.15, -0.1) is 0 Å². The highest BCUT2D eigenvalue weighted by atomic mass is 35.5. The van der Waals surface area contributed by atoms with Gasteiger partial charge < -0.3 is 9.88 Å². The van der Waals surface area contributed by atoms with Crippen LogP contribution < -0.4 is 10.5 Å². The molecule has 1 heterocycles. The molecule has 3 rings (SSSR count). The predicted molar refractivity (Wildman–Crippen MR) is 107 cm³/mol. The molecule has 3 aromatic rings. The number of aromatic nitrogens is 2. The predicted octanol–water partition coefficient (Wildman–Crippen LogP) is 3.62. The van der Waals surface area contributed by atoms with Crippen LogP contribution in [0.15, 0.2) is 47.3 Å². The summed E-state index contributed by atoms with van der Waals surface area (Å²) in [5.74, 6) is 0.708. The van der Waals surface area contributed by atoms with Crippen LogP contribution in [0.1, 0.15) is 31.2 Å². The van der Waals surface area contributed by atoms with Crippen molar-refractivity contribution in [3.05, 3.63) is 74.3 Å². The number of H-pyrrole nitrogens is 1. The number of hydrogen-bond acceptors (Lipinski definition) is 2. The first-order chi connectivity index (χ1) is 12.6. The van der Waals surface area contributed by atoms with E-state index >= 15 is 0 Å². The standard InChI is InChI=1S/C20H21Cl2N3O/c1-2-3-10-25(12-14-8-9-16(21)17(22)11-14)13-19-23-18-7-5-4-6-15(18)20(26)24-19/h4-9,11H,2-3,10,12-13H2,1H3,(H,23,24,26)/p+1. The van der Waals surface area contributed by atoms with Gasteiger partial charge in [0.25, 0.3) is 5.56 Å². The van der Waals surface area contributed by atoms with Gasteiger partial charge in [-0.3, -0.25) is 4.79 Å². The summed E-state index contributed by atoms with van der Waals surface area (Å²) in [6.45, 7) is 4.62. The van der Waals surface area contributed by atoms with Crippen LogP contribution in [0, 0.1) is 0 Å². The van der Waals surface area contributed by atoms with Crippen molar-refractivity contribution in [2.45, 2.75) is 32.9 Å². The first-order valence-corrected chi connectivity index (χ1v) is 9.58. The molecule has 0 fully saturated rings. The van der Waals surface area contributed by atoms with Gasteiger partial charge in [-0.25, -0.2) is 4.98 Å². The summed E-state index contributed by atoms with van der Waals surface area (Å²) < 4.78 is 0. The Balaban J connectivity index is 1.83. The maximum absolute atomic E-state index is 12.3. The van der Waals surface area contributed by atoms with E-state index in [1.807, 2.05) is 36.4 Å². The number of unbranched alkanes of at least 4 members (excludes halogenated alkanes) is 1. The largest absolute Gasteiger partial charge is 0.325 e. The molecule has 26 heavy (non-hydrogen) atoms. The highest BCUT2D eigenvalue weighted by molar-refractivity contribution is 6.42. The second-order valence-electron chi connectivity index (χ2n) is 6.49. The van der Waals surface area contributed by atoms with E-state index in [0.717, 1.165) is 37.0 Å². The Hall–Kier alpha value is -1.88. The number of para-hydroxylation sites is 1. The van der Waals surface area contributed by atoms with E-state index in [1.165, 1.54) is 4.90 Å². The van der Waals surface area contributed by atoms with Crippen LogP contribution in [0.4, 0.5) is 0 Å². The molecular formula is C20H22Cl2N3O+. The zero-order valence-corrected chi connectivity index (χ0v) is 16.2. The van der Waals surface area contributed by atoms with Gasteiger partial charge in [0, 0.05) is 5.56 Å². The lowest BCUT2D eigenvalue weighted by atomic mass is 10.2. The molecule has 0 amide bonds. The van der Waals surface area contributed by atoms with Gasteiger partial charge in [-0.05, 0) is 30.7 Å². The second-order valence-corrected chi connectivity index (χ2v) is 7.30. The monoisotopic (exact) mass is 390 g/mol. The molecule has 0 aliphatic carbocycles. The van der Waals surface area contributed by atoms with Crippen molar-refractivity contribution in [3.8, 4) is 0 Å². The molecule has 4 nitrogen and oxygen atoms in total. The van der Waals surface area contributed by atoms with E-state index in [0.29, 0.717) is 27.8 Å². The topological polar surface area (TPSA) is 50.2 Å². The fourth-order valence-electron chi connectivity index (χ4n) is 3.06. The summed E-state index contributed by atoms with van der Waals surface area (Å²) in [4.78, 5) is 21.2. The first-order valence-electron chi connectivity index (χ1n) is 8.82. The third-order valence-corrected chi connectivity index (χ3v) is 5.14. The number of aromatic amines is 1. The van der Waals surface area contributed by atoms with Crippen LogP contribution in [0.5, 0.6) is 0 Å². The second kappa shape index (κ2) is 8.67. The Labute approximate surface area is 162 Å². The summed E-state index contributed by atoms with van der Waals surface area (Å²) in [5, 5.41) is 1.75. The fourth-order valence-corrected chi connectivity index (χ4v) is 3.38. The quantitative estimate of drug-likeness (QED) is 0.647. The van der Waals surface area contributed by atoms with Gasteiger partial charge in [0.05, 0.1) is 27.5 Å². The molecule has 0 radical (unpaired) electrons. The minimum Gasteiger partial charge on any atom is -0.325 e. The summed E-state index contributed by atoms with van der Waals surface area (Å²) in [6.07, 6.45) is 2.22. The molecule has 2 N–H and O–H groups in total. The van der Waals surface area contributed by atoms with Crippen molar-refractivity contribution >= 4 is 34.1 Å². The van der Waals surface area contributed by atoms with Gasteiger partial charge in [0.2, 0.25) is 0 Å². The molecule has 0 saturated carbocycles. The third-order valence-electron chi connectivity index (χ3n) is 4.40. The van der Waals surface area contributed by atoms with Crippen molar-refractivity contribution in [2.75, 3.05) is 6.54 Å². The Bertz CT molecular complexity index is 955. The number of hydrogen-bond donors (Lipinski definition) is 2. The summed E-state index contributed by atoms with van der Waals surface area (Å²) >= 11 is 12.2. The summed E-state index contributed by atoms with van der Waals surface area (Å²) in [7, 11) is 0.